The van der Waals surface area contributed by atoms with Gasteiger partial charge in [0.05, 0.1) is 24.8 Å². The Hall–Kier alpha value is -1.55. The molecule has 0 radical (unpaired) electrons. The summed E-state index contributed by atoms with van der Waals surface area (Å²) in [4.78, 5) is 11.1. The molecule has 0 fully saturated rings. The summed E-state index contributed by atoms with van der Waals surface area (Å²) in [5, 5.41) is 12.9. The van der Waals surface area contributed by atoms with Crippen molar-refractivity contribution >= 4 is 16.0 Å². The van der Waals surface area contributed by atoms with Gasteiger partial charge in [0.15, 0.2) is 5.82 Å². The molecule has 1 unspecified atom stereocenters. The van der Waals surface area contributed by atoms with Crippen LogP contribution in [0.3, 0.4) is 0 Å². The Morgan fingerprint density at radius 1 is 1.56 bits per heavy atom. The van der Waals surface area contributed by atoms with Crippen LogP contribution in [0.15, 0.2) is 0 Å². The second kappa shape index (κ2) is 6.40. The molecule has 1 aromatic rings. The third-order valence-corrected chi connectivity index (χ3v) is 3.44. The van der Waals surface area contributed by atoms with Gasteiger partial charge in [0, 0.05) is 0 Å². The average molecular weight is 277 g/mol. The summed E-state index contributed by atoms with van der Waals surface area (Å²) < 4.78 is 30.3. The zero-order chi connectivity index (χ0) is 13.6. The predicted molar refractivity (Wildman–Crippen MR) is 60.8 cm³/mol. The molecule has 10 heteroatoms. The number of hydrogen-bond acceptors (Lipinski definition) is 7. The molecule has 1 atom stereocenters. The lowest BCUT2D eigenvalue weighted by Gasteiger charge is -2.10. The van der Waals surface area contributed by atoms with E-state index in [0.717, 1.165) is 0 Å². The van der Waals surface area contributed by atoms with Crippen LogP contribution in [0, 0.1) is 0 Å². The second-order valence-corrected chi connectivity index (χ2v) is 5.36. The number of ether oxygens (including phenoxy) is 1. The predicted octanol–water partition coefficient (Wildman–Crippen LogP) is -0.867. The maximum atomic E-state index is 11.6. The number of carbonyl (C=O) groups is 1. The van der Waals surface area contributed by atoms with Gasteiger partial charge in [0.25, 0.3) is 0 Å². The maximum absolute atomic E-state index is 11.6. The van der Waals surface area contributed by atoms with Gasteiger partial charge < -0.3 is 4.74 Å². The van der Waals surface area contributed by atoms with Crippen molar-refractivity contribution in [1.29, 1.82) is 0 Å². The quantitative estimate of drug-likeness (QED) is 0.620. The van der Waals surface area contributed by atoms with Crippen molar-refractivity contribution in [2.75, 3.05) is 12.4 Å². The minimum absolute atomic E-state index is 0.192. The number of aromatic nitrogens is 4. The van der Waals surface area contributed by atoms with Crippen molar-refractivity contribution in [1.82, 2.24) is 25.3 Å². The van der Waals surface area contributed by atoms with E-state index in [9.17, 15) is 13.2 Å². The van der Waals surface area contributed by atoms with Crippen molar-refractivity contribution in [3.8, 4) is 0 Å². The van der Waals surface area contributed by atoms with Gasteiger partial charge in [-0.25, -0.2) is 13.1 Å². The third kappa shape index (κ3) is 4.75. The summed E-state index contributed by atoms with van der Waals surface area (Å²) >= 11 is 0. The zero-order valence-electron chi connectivity index (χ0n) is 10.1. The molecule has 0 aromatic carbocycles. The van der Waals surface area contributed by atoms with E-state index in [-0.39, 0.29) is 24.6 Å². The Kier molecular flexibility index (Phi) is 5.16. The summed E-state index contributed by atoms with van der Waals surface area (Å²) in [5.41, 5.74) is 0. The van der Waals surface area contributed by atoms with E-state index in [1.165, 1.54) is 0 Å². The summed E-state index contributed by atoms with van der Waals surface area (Å²) in [6.45, 7) is 3.46. The highest BCUT2D eigenvalue weighted by atomic mass is 32.2. The topological polar surface area (TPSA) is 127 Å². The van der Waals surface area contributed by atoms with Crippen LogP contribution in [0.25, 0.3) is 0 Å². The first-order valence-corrected chi connectivity index (χ1v) is 6.99. The van der Waals surface area contributed by atoms with E-state index < -0.39 is 22.0 Å². The number of carbonyl (C=O) groups excluding carboxylic acids is 1. The van der Waals surface area contributed by atoms with Crippen LogP contribution in [0.2, 0.25) is 0 Å². The van der Waals surface area contributed by atoms with Gasteiger partial charge in [0.2, 0.25) is 10.0 Å². The molecule has 18 heavy (non-hydrogen) atoms. The smallest absolute Gasteiger partial charge is 0.306 e. The Balaban J connectivity index is 2.47. The minimum atomic E-state index is -3.59. The molecule has 1 heterocycles. The van der Waals surface area contributed by atoms with Gasteiger partial charge in [-0.2, -0.15) is 5.21 Å². The number of tetrazole rings is 1. The monoisotopic (exact) mass is 277 g/mol. The molecule has 1 rings (SSSR count). The van der Waals surface area contributed by atoms with Gasteiger partial charge in [-0.15, -0.1) is 10.2 Å². The van der Waals surface area contributed by atoms with Gasteiger partial charge in [-0.1, -0.05) is 5.21 Å². The SMILES string of the molecule is CCOC(=O)CCS(=O)(=O)NC(C)c1nn[nH]n1. The molecule has 2 N–H and O–H groups in total. The van der Waals surface area contributed by atoms with E-state index in [1.807, 2.05) is 0 Å². The summed E-state index contributed by atoms with van der Waals surface area (Å²) in [5.74, 6) is -0.654. The van der Waals surface area contributed by atoms with E-state index >= 15 is 0 Å². The molecule has 0 saturated carbocycles. The molecule has 0 aliphatic carbocycles. The summed E-state index contributed by atoms with van der Waals surface area (Å²) in [6.07, 6.45) is -0.192. The van der Waals surface area contributed by atoms with Gasteiger partial charge in [-0.3, -0.25) is 4.79 Å². The minimum Gasteiger partial charge on any atom is -0.466 e. The molecule has 0 spiro atoms. The highest BCUT2D eigenvalue weighted by Crippen LogP contribution is 2.06. The lowest BCUT2D eigenvalue weighted by Crippen LogP contribution is -2.30. The lowest BCUT2D eigenvalue weighted by molar-refractivity contribution is -0.142. The first kappa shape index (κ1) is 14.5. The largest absolute Gasteiger partial charge is 0.466 e. The number of H-pyrrole nitrogens is 1. The lowest BCUT2D eigenvalue weighted by atomic mass is 10.4. The molecular formula is C8H15N5O4S. The van der Waals surface area contributed by atoms with Crippen LogP contribution in [0.5, 0.6) is 0 Å². The van der Waals surface area contributed by atoms with Crippen LogP contribution in [0.1, 0.15) is 32.1 Å². The standard InChI is InChI=1S/C8H15N5O4S/c1-3-17-7(14)4-5-18(15,16)11-6(2)8-9-12-13-10-8/h6,11H,3-5H2,1-2H3,(H,9,10,12,13). The number of nitrogens with one attached hydrogen (secondary N) is 2. The van der Waals surface area contributed by atoms with Crippen LogP contribution < -0.4 is 4.72 Å². The van der Waals surface area contributed by atoms with Crippen molar-refractivity contribution in [2.24, 2.45) is 0 Å². The first-order valence-electron chi connectivity index (χ1n) is 5.33. The normalized spacial score (nSPS) is 13.2. The molecule has 0 bridgehead atoms. The summed E-state index contributed by atoms with van der Waals surface area (Å²) in [6, 6.07) is -0.615. The number of aromatic amines is 1. The van der Waals surface area contributed by atoms with Crippen LogP contribution in [-0.2, 0) is 19.6 Å². The Labute approximate surface area is 104 Å². The van der Waals surface area contributed by atoms with Crippen LogP contribution >= 0.6 is 0 Å². The third-order valence-electron chi connectivity index (χ3n) is 1.99. The molecule has 0 aliphatic heterocycles. The maximum Gasteiger partial charge on any atom is 0.306 e. The zero-order valence-corrected chi connectivity index (χ0v) is 10.9. The fraction of sp³-hybridized carbons (Fsp3) is 0.750. The second-order valence-electron chi connectivity index (χ2n) is 3.48. The van der Waals surface area contributed by atoms with Crippen LogP contribution in [-0.4, -0.2) is 47.4 Å². The number of nitrogens with zero attached hydrogens (tertiary/aromatic N) is 3. The van der Waals surface area contributed by atoms with E-state index in [4.69, 9.17) is 0 Å². The molecule has 1 aromatic heterocycles. The van der Waals surface area contributed by atoms with Crippen molar-refractivity contribution in [2.45, 2.75) is 26.3 Å². The molecular weight excluding hydrogens is 262 g/mol. The Morgan fingerprint density at radius 2 is 2.28 bits per heavy atom. The van der Waals surface area contributed by atoms with Gasteiger partial charge in [0.1, 0.15) is 0 Å². The van der Waals surface area contributed by atoms with Crippen molar-refractivity contribution < 1.29 is 17.9 Å². The highest BCUT2D eigenvalue weighted by molar-refractivity contribution is 7.89. The molecule has 0 saturated heterocycles. The fourth-order valence-corrected chi connectivity index (χ4v) is 2.38. The summed E-state index contributed by atoms with van der Waals surface area (Å²) in [7, 11) is -3.59. The van der Waals surface area contributed by atoms with Crippen molar-refractivity contribution in [3.63, 3.8) is 0 Å². The number of sulfonamides is 1. The van der Waals surface area contributed by atoms with Gasteiger partial charge >= 0.3 is 5.97 Å². The highest BCUT2D eigenvalue weighted by Gasteiger charge is 2.20. The molecule has 102 valence electrons. The van der Waals surface area contributed by atoms with Crippen LogP contribution in [0.4, 0.5) is 0 Å². The Bertz CT molecular complexity index is 472. The van der Waals surface area contributed by atoms with Gasteiger partial charge in [-0.05, 0) is 13.8 Å². The van der Waals surface area contributed by atoms with E-state index in [0.29, 0.717) is 0 Å². The molecule has 9 nitrogen and oxygen atoms in total. The number of rotatable bonds is 7. The van der Waals surface area contributed by atoms with E-state index in [1.54, 1.807) is 13.8 Å². The molecule has 0 amide bonds. The molecule has 0 aliphatic rings. The first-order chi connectivity index (χ1) is 8.44. The van der Waals surface area contributed by atoms with Crippen molar-refractivity contribution in [3.05, 3.63) is 5.82 Å². The Morgan fingerprint density at radius 3 is 2.83 bits per heavy atom. The number of hydrogen-bond donors (Lipinski definition) is 2. The van der Waals surface area contributed by atoms with E-state index in [2.05, 4.69) is 30.1 Å². The fourth-order valence-electron chi connectivity index (χ4n) is 1.18. The average Bonchev–Trinajstić information content (AvgIpc) is 2.80. The number of esters is 1.